The molecule has 20 heavy (non-hydrogen) atoms. The Hall–Kier alpha value is -1.33. The number of benzene rings is 1. The Morgan fingerprint density at radius 1 is 1.45 bits per heavy atom. The van der Waals surface area contributed by atoms with Crippen molar-refractivity contribution in [3.63, 3.8) is 0 Å². The number of aliphatic hydroxyl groups excluding tert-OH is 1. The summed E-state index contributed by atoms with van der Waals surface area (Å²) >= 11 is 5.81. The molecular formula is C14H19ClFNO3. The quantitative estimate of drug-likeness (QED) is 0.848. The molecule has 0 spiro atoms. The maximum atomic E-state index is 12.9. The smallest absolute Gasteiger partial charge is 0.260 e. The van der Waals surface area contributed by atoms with Gasteiger partial charge in [-0.1, -0.05) is 25.4 Å². The highest BCUT2D eigenvalue weighted by Crippen LogP contribution is 2.25. The van der Waals surface area contributed by atoms with Gasteiger partial charge in [0.2, 0.25) is 0 Å². The van der Waals surface area contributed by atoms with E-state index < -0.39 is 18.0 Å². The molecule has 0 heterocycles. The molecule has 6 heteroatoms. The third-order valence-corrected chi connectivity index (χ3v) is 3.12. The average Bonchev–Trinajstić information content (AvgIpc) is 2.38. The zero-order valence-electron chi connectivity index (χ0n) is 11.7. The van der Waals surface area contributed by atoms with Crippen molar-refractivity contribution in [2.75, 3.05) is 6.54 Å². The number of hydrogen-bond acceptors (Lipinski definition) is 3. The van der Waals surface area contributed by atoms with Crippen LogP contribution in [0, 0.1) is 11.7 Å². The van der Waals surface area contributed by atoms with Crippen molar-refractivity contribution in [1.29, 1.82) is 0 Å². The van der Waals surface area contributed by atoms with Crippen LogP contribution in [-0.4, -0.2) is 29.8 Å². The van der Waals surface area contributed by atoms with Crippen LogP contribution in [0.15, 0.2) is 18.2 Å². The lowest BCUT2D eigenvalue weighted by Crippen LogP contribution is -2.41. The summed E-state index contributed by atoms with van der Waals surface area (Å²) in [6.07, 6.45) is -1.40. The third kappa shape index (κ3) is 4.98. The van der Waals surface area contributed by atoms with Crippen LogP contribution in [0.2, 0.25) is 5.02 Å². The average molecular weight is 304 g/mol. The largest absolute Gasteiger partial charge is 0.479 e. The van der Waals surface area contributed by atoms with Crippen molar-refractivity contribution < 1.29 is 19.0 Å². The van der Waals surface area contributed by atoms with Gasteiger partial charge in [0.05, 0.1) is 11.1 Å². The number of ether oxygens (including phenoxy) is 1. The summed E-state index contributed by atoms with van der Waals surface area (Å²) in [5, 5.41) is 12.3. The van der Waals surface area contributed by atoms with Crippen molar-refractivity contribution in [3.8, 4) is 5.75 Å². The first-order valence-corrected chi connectivity index (χ1v) is 6.76. The Morgan fingerprint density at radius 2 is 2.10 bits per heavy atom. The van der Waals surface area contributed by atoms with E-state index in [0.29, 0.717) is 0 Å². The lowest BCUT2D eigenvalue weighted by atomic mass is 10.1. The molecular weight excluding hydrogens is 285 g/mol. The molecule has 0 radical (unpaired) electrons. The molecule has 2 unspecified atom stereocenters. The normalized spacial score (nSPS) is 13.9. The zero-order valence-corrected chi connectivity index (χ0v) is 12.4. The number of carbonyl (C=O) groups excluding carboxylic acids is 1. The Labute approximate surface area is 122 Å². The van der Waals surface area contributed by atoms with E-state index in [9.17, 15) is 14.3 Å². The molecule has 1 rings (SSSR count). The van der Waals surface area contributed by atoms with Crippen LogP contribution < -0.4 is 10.1 Å². The number of amides is 1. The lowest BCUT2D eigenvalue weighted by Gasteiger charge is -2.18. The monoisotopic (exact) mass is 303 g/mol. The fourth-order valence-corrected chi connectivity index (χ4v) is 1.61. The molecule has 0 fully saturated rings. The van der Waals surface area contributed by atoms with E-state index in [0.717, 1.165) is 6.07 Å². The van der Waals surface area contributed by atoms with E-state index in [-0.39, 0.29) is 29.1 Å². The van der Waals surface area contributed by atoms with Crippen LogP contribution >= 0.6 is 11.6 Å². The number of carbonyl (C=O) groups is 1. The molecule has 112 valence electrons. The summed E-state index contributed by atoms with van der Waals surface area (Å²) in [6, 6.07) is 3.68. The summed E-state index contributed by atoms with van der Waals surface area (Å²) in [5.41, 5.74) is 0. The van der Waals surface area contributed by atoms with Crippen LogP contribution in [0.3, 0.4) is 0 Å². The topological polar surface area (TPSA) is 58.6 Å². The van der Waals surface area contributed by atoms with Gasteiger partial charge >= 0.3 is 0 Å². The highest BCUT2D eigenvalue weighted by atomic mass is 35.5. The Morgan fingerprint density at radius 3 is 2.65 bits per heavy atom. The second-order valence-corrected chi connectivity index (χ2v) is 5.30. The first-order valence-electron chi connectivity index (χ1n) is 6.38. The van der Waals surface area contributed by atoms with Crippen LogP contribution in [0.1, 0.15) is 20.8 Å². The summed E-state index contributed by atoms with van der Waals surface area (Å²) in [7, 11) is 0. The minimum atomic E-state index is -0.794. The molecule has 0 aliphatic carbocycles. The maximum absolute atomic E-state index is 12.9. The highest BCUT2D eigenvalue weighted by molar-refractivity contribution is 6.32. The summed E-state index contributed by atoms with van der Waals surface area (Å²) < 4.78 is 18.2. The molecule has 2 atom stereocenters. The zero-order chi connectivity index (χ0) is 15.3. The van der Waals surface area contributed by atoms with Crippen molar-refractivity contribution >= 4 is 17.5 Å². The second-order valence-electron chi connectivity index (χ2n) is 4.89. The first-order chi connectivity index (χ1) is 9.31. The molecule has 1 amide bonds. The molecule has 0 aliphatic heterocycles. The van der Waals surface area contributed by atoms with Crippen LogP contribution in [0.5, 0.6) is 5.75 Å². The summed E-state index contributed by atoms with van der Waals surface area (Å²) in [6.45, 7) is 5.42. The van der Waals surface area contributed by atoms with Crippen molar-refractivity contribution in [1.82, 2.24) is 5.32 Å². The van der Waals surface area contributed by atoms with Gasteiger partial charge in [0.15, 0.2) is 6.10 Å². The van der Waals surface area contributed by atoms with E-state index in [2.05, 4.69) is 5.32 Å². The molecule has 2 N–H and O–H groups in total. The van der Waals surface area contributed by atoms with Crippen molar-refractivity contribution in [2.24, 2.45) is 5.92 Å². The first kappa shape index (κ1) is 16.7. The molecule has 0 saturated carbocycles. The fraction of sp³-hybridized carbons (Fsp3) is 0.500. The molecule has 4 nitrogen and oxygen atoms in total. The maximum Gasteiger partial charge on any atom is 0.260 e. The number of hydrogen-bond donors (Lipinski definition) is 2. The minimum Gasteiger partial charge on any atom is -0.479 e. The van der Waals surface area contributed by atoms with Gasteiger partial charge in [0.25, 0.3) is 5.91 Å². The van der Waals surface area contributed by atoms with Gasteiger partial charge in [-0.3, -0.25) is 4.79 Å². The van der Waals surface area contributed by atoms with E-state index in [1.807, 2.05) is 13.8 Å². The van der Waals surface area contributed by atoms with Gasteiger partial charge in [0.1, 0.15) is 11.6 Å². The Bertz CT molecular complexity index is 468. The van der Waals surface area contributed by atoms with Crippen molar-refractivity contribution in [2.45, 2.75) is 33.0 Å². The van der Waals surface area contributed by atoms with E-state index in [4.69, 9.17) is 16.3 Å². The van der Waals surface area contributed by atoms with Crippen LogP contribution in [0.25, 0.3) is 0 Å². The number of rotatable bonds is 6. The molecule has 0 saturated heterocycles. The third-order valence-electron chi connectivity index (χ3n) is 2.82. The summed E-state index contributed by atoms with van der Waals surface area (Å²) in [4.78, 5) is 11.8. The van der Waals surface area contributed by atoms with Gasteiger partial charge in [0, 0.05) is 6.54 Å². The van der Waals surface area contributed by atoms with Crippen molar-refractivity contribution in [3.05, 3.63) is 29.0 Å². The van der Waals surface area contributed by atoms with Gasteiger partial charge in [-0.25, -0.2) is 4.39 Å². The standard InChI is InChI=1S/C14H19ClFNO3/c1-8(2)12(18)7-17-14(19)9(3)20-13-5-4-10(16)6-11(13)15/h4-6,8-9,12,18H,7H2,1-3H3,(H,17,19). The second kappa shape index (κ2) is 7.45. The van der Waals surface area contributed by atoms with E-state index >= 15 is 0 Å². The fourth-order valence-electron chi connectivity index (χ4n) is 1.40. The molecule has 0 aliphatic rings. The van der Waals surface area contributed by atoms with E-state index in [1.165, 1.54) is 12.1 Å². The minimum absolute atomic E-state index is 0.0538. The van der Waals surface area contributed by atoms with Crippen LogP contribution in [-0.2, 0) is 4.79 Å². The van der Waals surface area contributed by atoms with Crippen LogP contribution in [0.4, 0.5) is 4.39 Å². The van der Waals surface area contributed by atoms with Gasteiger partial charge in [-0.2, -0.15) is 0 Å². The predicted octanol–water partition coefficient (Wildman–Crippen LogP) is 2.38. The molecule has 1 aromatic rings. The predicted molar refractivity (Wildman–Crippen MR) is 75.4 cm³/mol. The molecule has 0 aromatic heterocycles. The molecule has 1 aromatic carbocycles. The van der Waals surface area contributed by atoms with Gasteiger partial charge in [-0.05, 0) is 31.0 Å². The number of aliphatic hydroxyl groups is 1. The summed E-state index contributed by atoms with van der Waals surface area (Å²) in [5.74, 6) is -0.553. The van der Waals surface area contributed by atoms with E-state index in [1.54, 1.807) is 6.92 Å². The Balaban J connectivity index is 2.53. The number of halogens is 2. The SMILES string of the molecule is CC(Oc1ccc(F)cc1Cl)C(=O)NCC(O)C(C)C. The Kier molecular flexibility index (Phi) is 6.23. The number of nitrogens with one attached hydrogen (secondary N) is 1. The van der Waals surface area contributed by atoms with Gasteiger partial charge < -0.3 is 15.2 Å². The lowest BCUT2D eigenvalue weighted by molar-refractivity contribution is -0.127. The highest BCUT2D eigenvalue weighted by Gasteiger charge is 2.18. The van der Waals surface area contributed by atoms with Gasteiger partial charge in [-0.15, -0.1) is 0 Å². The molecule has 0 bridgehead atoms.